The Kier molecular flexibility index (Phi) is 7.33. The van der Waals surface area contributed by atoms with E-state index in [9.17, 15) is 0 Å². The van der Waals surface area contributed by atoms with Crippen LogP contribution in [0.4, 0.5) is 0 Å². The Morgan fingerprint density at radius 1 is 0.358 bits per heavy atom. The van der Waals surface area contributed by atoms with Crippen LogP contribution in [-0.4, -0.2) is 23.3 Å². The van der Waals surface area contributed by atoms with E-state index in [-0.39, 0.29) is 16.2 Å². The second kappa shape index (κ2) is 12.7. The summed E-state index contributed by atoms with van der Waals surface area (Å²) in [4.78, 5) is 11.8. The fraction of sp³-hybridized carbons (Fsp3) is 0.194. The number of rotatable bonds is 2. The maximum absolute atomic E-state index is 5.92. The standard InChI is InChI=1S/C62H51N5/c1-60(2,3)36-28-43(35-24-26-51-44(27-35)41-21-15-16-22-50(41)65(51)39-18-11-10-12-19-39)55-46(30-36)47-31-38(62(7,8)9)33-49-53-59(67(55)57(47)49)64-52-48-32-37(61(4,5)6)29-45-42-25-23-34-17-13-14-20-40(34)54(42)66(56(45)48)58(52)63-53/h10-33H,1-9H3. The Balaban J connectivity index is 1.17. The molecule has 0 amide bonds. The molecule has 6 heterocycles. The molecule has 0 bridgehead atoms. The van der Waals surface area contributed by atoms with E-state index in [0.717, 1.165) is 38.8 Å². The number of aromatic nitrogens is 5. The SMILES string of the molecule is CC(C)(C)c1cc(-c2ccc3c(c2)c2ccccc2n3-c2ccccc2)c2c(c1)c1cc(C(C)(C)C)cc3c4nc5c(nc4n2c13)c1cc(C(C)(C)C)cc2c3ccc4ccccc4c3n5c21. The molecular formula is C62H51N5. The number of fused-ring (bicyclic) bond motifs is 17. The maximum Gasteiger partial charge on any atom is 0.165 e. The highest BCUT2D eigenvalue weighted by Crippen LogP contribution is 2.49. The van der Waals surface area contributed by atoms with Gasteiger partial charge in [-0.2, -0.15) is 0 Å². The van der Waals surface area contributed by atoms with Gasteiger partial charge in [-0.3, -0.25) is 8.80 Å². The molecule has 14 aromatic rings. The second-order valence-electron chi connectivity index (χ2n) is 22.4. The van der Waals surface area contributed by atoms with Crippen LogP contribution >= 0.6 is 0 Å². The van der Waals surface area contributed by atoms with Gasteiger partial charge < -0.3 is 4.57 Å². The lowest BCUT2D eigenvalue weighted by atomic mass is 9.83. The highest BCUT2D eigenvalue weighted by Gasteiger charge is 2.30. The first-order valence-electron chi connectivity index (χ1n) is 23.8. The van der Waals surface area contributed by atoms with Gasteiger partial charge in [-0.05, 0) is 111 Å². The Hall–Kier alpha value is -7.50. The summed E-state index contributed by atoms with van der Waals surface area (Å²) in [6, 6.07) is 54.7. The zero-order valence-corrected chi connectivity index (χ0v) is 39.6. The topological polar surface area (TPSA) is 39.5 Å². The normalized spacial score (nSPS) is 13.4. The third kappa shape index (κ3) is 5.15. The highest BCUT2D eigenvalue weighted by molar-refractivity contribution is 6.29. The predicted molar refractivity (Wildman–Crippen MR) is 285 cm³/mol. The van der Waals surface area contributed by atoms with Gasteiger partial charge in [0.2, 0.25) is 0 Å². The van der Waals surface area contributed by atoms with Gasteiger partial charge in [0.15, 0.2) is 11.3 Å². The number of benzene rings is 8. The molecule has 0 saturated carbocycles. The van der Waals surface area contributed by atoms with Crippen molar-refractivity contribution in [3.63, 3.8) is 0 Å². The fourth-order valence-corrected chi connectivity index (χ4v) is 11.6. The largest absolute Gasteiger partial charge is 0.309 e. The van der Waals surface area contributed by atoms with E-state index < -0.39 is 0 Å². The number of hydrogen-bond donors (Lipinski definition) is 0. The summed E-state index contributed by atoms with van der Waals surface area (Å²) in [6.07, 6.45) is 0. The minimum absolute atomic E-state index is 0.0700. The molecule has 5 nitrogen and oxygen atoms in total. The first-order valence-corrected chi connectivity index (χ1v) is 23.8. The van der Waals surface area contributed by atoms with Gasteiger partial charge >= 0.3 is 0 Å². The Bertz CT molecular complexity index is 4420. The zero-order valence-electron chi connectivity index (χ0n) is 39.6. The third-order valence-corrected chi connectivity index (χ3v) is 15.1. The van der Waals surface area contributed by atoms with Crippen molar-refractivity contribution >= 4 is 109 Å². The van der Waals surface area contributed by atoms with Crippen LogP contribution in [-0.2, 0) is 16.2 Å². The molecule has 0 unspecified atom stereocenters. The molecule has 6 aromatic heterocycles. The summed E-state index contributed by atoms with van der Waals surface area (Å²) in [5.41, 5.74) is 18.0. The lowest BCUT2D eigenvalue weighted by Gasteiger charge is -2.21. The van der Waals surface area contributed by atoms with E-state index in [4.69, 9.17) is 9.97 Å². The van der Waals surface area contributed by atoms with E-state index in [1.54, 1.807) is 0 Å². The minimum Gasteiger partial charge on any atom is -0.309 e. The van der Waals surface area contributed by atoms with Crippen molar-refractivity contribution in [3.8, 4) is 16.8 Å². The van der Waals surface area contributed by atoms with Crippen LogP contribution in [0.5, 0.6) is 0 Å². The zero-order chi connectivity index (χ0) is 45.6. The van der Waals surface area contributed by atoms with E-state index in [1.165, 1.54) is 104 Å². The van der Waals surface area contributed by atoms with Crippen LogP contribution in [0.3, 0.4) is 0 Å². The van der Waals surface area contributed by atoms with Crippen LogP contribution in [0.2, 0.25) is 0 Å². The summed E-state index contributed by atoms with van der Waals surface area (Å²) in [6.45, 7) is 20.9. The molecule has 67 heavy (non-hydrogen) atoms. The highest BCUT2D eigenvalue weighted by atomic mass is 15.1. The van der Waals surface area contributed by atoms with Crippen LogP contribution in [0.15, 0.2) is 146 Å². The molecule has 0 aliphatic heterocycles. The summed E-state index contributed by atoms with van der Waals surface area (Å²) < 4.78 is 7.33. The molecule has 8 aromatic carbocycles. The van der Waals surface area contributed by atoms with Crippen molar-refractivity contribution in [2.45, 2.75) is 78.6 Å². The molecule has 0 spiro atoms. The summed E-state index contributed by atoms with van der Waals surface area (Å²) >= 11 is 0. The fourth-order valence-electron chi connectivity index (χ4n) is 11.6. The number of nitrogens with zero attached hydrogens (tertiary/aromatic N) is 5. The van der Waals surface area contributed by atoms with Gasteiger partial charge in [-0.1, -0.05) is 141 Å². The Morgan fingerprint density at radius 3 is 1.49 bits per heavy atom. The molecular weight excluding hydrogens is 815 g/mol. The second-order valence-corrected chi connectivity index (χ2v) is 22.4. The minimum atomic E-state index is -0.101. The van der Waals surface area contributed by atoms with Crippen LogP contribution in [0.25, 0.3) is 126 Å². The van der Waals surface area contributed by atoms with Gasteiger partial charge in [-0.15, -0.1) is 0 Å². The van der Waals surface area contributed by atoms with Gasteiger partial charge in [-0.25, -0.2) is 9.97 Å². The third-order valence-electron chi connectivity index (χ3n) is 15.1. The monoisotopic (exact) mass is 865 g/mol. The molecule has 0 atom stereocenters. The molecule has 0 aliphatic carbocycles. The van der Waals surface area contributed by atoms with Crippen LogP contribution in [0, 0.1) is 0 Å². The van der Waals surface area contributed by atoms with Crippen molar-refractivity contribution in [1.29, 1.82) is 0 Å². The molecule has 0 saturated heterocycles. The number of hydrogen-bond acceptors (Lipinski definition) is 2. The molecule has 324 valence electrons. The van der Waals surface area contributed by atoms with Gasteiger partial charge in [0, 0.05) is 59.7 Å². The Morgan fingerprint density at radius 2 is 0.851 bits per heavy atom. The van der Waals surface area contributed by atoms with Gasteiger partial charge in [0.25, 0.3) is 0 Å². The molecule has 0 aliphatic rings. The molecule has 0 radical (unpaired) electrons. The smallest absolute Gasteiger partial charge is 0.165 e. The summed E-state index contributed by atoms with van der Waals surface area (Å²) in [5.74, 6) is 0. The van der Waals surface area contributed by atoms with E-state index >= 15 is 0 Å². The first kappa shape index (κ1) is 38.7. The lowest BCUT2D eigenvalue weighted by molar-refractivity contribution is 0.591. The van der Waals surface area contributed by atoms with Crippen molar-refractivity contribution in [1.82, 2.24) is 23.3 Å². The quantitative estimate of drug-likeness (QED) is 0.174. The maximum atomic E-state index is 5.92. The summed E-state index contributed by atoms with van der Waals surface area (Å²) in [7, 11) is 0. The van der Waals surface area contributed by atoms with Crippen molar-refractivity contribution in [3.05, 3.63) is 162 Å². The average Bonchev–Trinajstić information content (AvgIpc) is 4.10. The van der Waals surface area contributed by atoms with Crippen molar-refractivity contribution < 1.29 is 0 Å². The van der Waals surface area contributed by atoms with Gasteiger partial charge in [0.05, 0.1) is 33.1 Å². The van der Waals surface area contributed by atoms with Crippen molar-refractivity contribution in [2.24, 2.45) is 0 Å². The number of para-hydroxylation sites is 2. The predicted octanol–water partition coefficient (Wildman–Crippen LogP) is 16.6. The molecule has 0 N–H and O–H groups in total. The average molecular weight is 866 g/mol. The molecule has 0 fully saturated rings. The van der Waals surface area contributed by atoms with Crippen molar-refractivity contribution in [2.75, 3.05) is 0 Å². The van der Waals surface area contributed by atoms with Crippen LogP contribution < -0.4 is 0 Å². The van der Waals surface area contributed by atoms with E-state index in [1.807, 2.05) is 0 Å². The lowest BCUT2D eigenvalue weighted by Crippen LogP contribution is -2.11. The Labute approximate surface area is 388 Å². The molecule has 5 heteroatoms. The van der Waals surface area contributed by atoms with Crippen LogP contribution in [0.1, 0.15) is 79.0 Å². The van der Waals surface area contributed by atoms with E-state index in [0.29, 0.717) is 0 Å². The van der Waals surface area contributed by atoms with E-state index in [2.05, 4.69) is 221 Å². The first-order chi connectivity index (χ1) is 32.1. The summed E-state index contributed by atoms with van der Waals surface area (Å²) in [5, 5.41) is 12.3. The molecule has 14 rings (SSSR count). The van der Waals surface area contributed by atoms with Gasteiger partial charge in [0.1, 0.15) is 11.0 Å².